The third-order valence-corrected chi connectivity index (χ3v) is 2.79. The molecule has 0 atom stereocenters. The topological polar surface area (TPSA) is 24.9 Å². The summed E-state index contributed by atoms with van der Waals surface area (Å²) >= 11 is 0. The van der Waals surface area contributed by atoms with Crippen LogP contribution in [0.2, 0.25) is 0 Å². The molecule has 0 aromatic carbocycles. The van der Waals surface area contributed by atoms with E-state index in [0.29, 0.717) is 6.61 Å². The van der Waals surface area contributed by atoms with Gasteiger partial charge in [0, 0.05) is 46.4 Å². The summed E-state index contributed by atoms with van der Waals surface area (Å²) in [4.78, 5) is 4.89. The van der Waals surface area contributed by atoms with Crippen molar-refractivity contribution in [1.82, 2.24) is 9.80 Å². The third kappa shape index (κ3) is 9.53. The van der Waals surface area contributed by atoms with Crippen molar-refractivity contribution in [1.29, 1.82) is 0 Å². The average molecular weight is 246 g/mol. The van der Waals surface area contributed by atoms with Gasteiger partial charge in [-0.15, -0.1) is 0 Å². The number of rotatable bonds is 7. The minimum atomic E-state index is 0.703. The van der Waals surface area contributed by atoms with Crippen LogP contribution in [0.4, 0.5) is 0 Å². The highest BCUT2D eigenvalue weighted by atomic mass is 16.5. The normalized spacial score (nSPS) is 17.6. The lowest BCUT2D eigenvalue weighted by Crippen LogP contribution is -2.44. The largest absolute Gasteiger partial charge is 0.382 e. The van der Waals surface area contributed by atoms with Gasteiger partial charge < -0.3 is 19.3 Å². The van der Waals surface area contributed by atoms with Crippen LogP contribution in [0.25, 0.3) is 0 Å². The number of ether oxygens (including phenoxy) is 2. The van der Waals surface area contributed by atoms with Gasteiger partial charge in [0.25, 0.3) is 0 Å². The molecule has 0 radical (unpaired) electrons. The van der Waals surface area contributed by atoms with Crippen molar-refractivity contribution in [2.24, 2.45) is 0 Å². The highest BCUT2D eigenvalue weighted by Crippen LogP contribution is 1.99. The molecule has 0 amide bonds. The second-order valence-electron chi connectivity index (χ2n) is 4.10. The third-order valence-electron chi connectivity index (χ3n) is 2.79. The van der Waals surface area contributed by atoms with Crippen molar-refractivity contribution in [3.05, 3.63) is 0 Å². The summed E-state index contributed by atoms with van der Waals surface area (Å²) in [7, 11) is 3.89. The van der Waals surface area contributed by atoms with Crippen LogP contribution < -0.4 is 0 Å². The van der Waals surface area contributed by atoms with Gasteiger partial charge in [-0.3, -0.25) is 0 Å². The summed E-state index contributed by atoms with van der Waals surface area (Å²) in [6.45, 7) is 12.3. The predicted molar refractivity (Wildman–Crippen MR) is 72.6 cm³/mol. The molecule has 1 rings (SSSR count). The highest BCUT2D eigenvalue weighted by Gasteiger charge is 2.12. The van der Waals surface area contributed by atoms with Gasteiger partial charge in [-0.05, 0) is 13.5 Å². The first-order valence-corrected chi connectivity index (χ1v) is 6.80. The minimum Gasteiger partial charge on any atom is -0.382 e. The molecular formula is C13H30N2O2. The van der Waals surface area contributed by atoms with Crippen LogP contribution in [0.3, 0.4) is 0 Å². The Morgan fingerprint density at radius 1 is 0.941 bits per heavy atom. The van der Waals surface area contributed by atoms with E-state index in [0.717, 1.165) is 19.6 Å². The minimum absolute atomic E-state index is 0.703. The van der Waals surface area contributed by atoms with Crippen LogP contribution >= 0.6 is 0 Å². The van der Waals surface area contributed by atoms with Crippen LogP contribution in [0, 0.1) is 0 Å². The second kappa shape index (κ2) is 12.3. The maximum atomic E-state index is 5.42. The summed E-state index contributed by atoms with van der Waals surface area (Å²) in [6.07, 6.45) is 1.13. The molecule has 0 bridgehead atoms. The lowest BCUT2D eigenvalue weighted by Gasteiger charge is -2.32. The zero-order valence-electron chi connectivity index (χ0n) is 12.1. The van der Waals surface area contributed by atoms with Gasteiger partial charge in [0.15, 0.2) is 0 Å². The Kier molecular flexibility index (Phi) is 12.2. The summed E-state index contributed by atoms with van der Waals surface area (Å²) in [5.74, 6) is 0. The lowest BCUT2D eigenvalue weighted by atomic mass is 10.3. The van der Waals surface area contributed by atoms with Gasteiger partial charge in [0.2, 0.25) is 0 Å². The number of hydrogen-bond acceptors (Lipinski definition) is 4. The van der Waals surface area contributed by atoms with E-state index in [1.165, 1.54) is 32.7 Å². The number of piperazine rings is 1. The maximum Gasteiger partial charge on any atom is 0.0700 e. The summed E-state index contributed by atoms with van der Waals surface area (Å²) in [5.41, 5.74) is 0. The van der Waals surface area contributed by atoms with Crippen molar-refractivity contribution in [2.45, 2.75) is 20.3 Å². The van der Waals surface area contributed by atoms with Gasteiger partial charge in [-0.1, -0.05) is 13.8 Å². The molecule has 4 heteroatoms. The Balaban J connectivity index is 0.00000121. The van der Waals surface area contributed by atoms with E-state index in [1.807, 2.05) is 13.8 Å². The Morgan fingerprint density at radius 3 is 2.18 bits per heavy atom. The fourth-order valence-electron chi connectivity index (χ4n) is 1.71. The number of hydrogen-bond donors (Lipinski definition) is 0. The molecule has 1 saturated heterocycles. The van der Waals surface area contributed by atoms with E-state index in [4.69, 9.17) is 9.47 Å². The molecule has 1 heterocycles. The summed E-state index contributed by atoms with van der Waals surface area (Å²) < 4.78 is 10.3. The van der Waals surface area contributed by atoms with Crippen molar-refractivity contribution < 1.29 is 9.47 Å². The Labute approximate surface area is 107 Å². The Morgan fingerprint density at radius 2 is 1.59 bits per heavy atom. The van der Waals surface area contributed by atoms with Gasteiger partial charge in [0.05, 0.1) is 13.2 Å². The predicted octanol–water partition coefficient (Wildman–Crippen LogP) is 1.31. The van der Waals surface area contributed by atoms with Gasteiger partial charge in [0.1, 0.15) is 0 Å². The summed E-state index contributed by atoms with van der Waals surface area (Å²) in [5, 5.41) is 0. The molecule has 0 aliphatic carbocycles. The van der Waals surface area contributed by atoms with Gasteiger partial charge in [-0.2, -0.15) is 0 Å². The second-order valence-corrected chi connectivity index (χ2v) is 4.10. The van der Waals surface area contributed by atoms with E-state index in [9.17, 15) is 0 Å². The molecule has 0 aromatic rings. The van der Waals surface area contributed by atoms with E-state index < -0.39 is 0 Å². The smallest absolute Gasteiger partial charge is 0.0700 e. The Bertz CT molecular complexity index is 148. The first kappa shape index (κ1) is 16.8. The van der Waals surface area contributed by atoms with Crippen LogP contribution in [-0.4, -0.2) is 76.5 Å². The molecule has 1 aliphatic rings. The molecule has 17 heavy (non-hydrogen) atoms. The SMILES string of the molecule is CC.COCCOCCCN1CCN(C)CC1. The van der Waals surface area contributed by atoms with Crippen LogP contribution in [0.1, 0.15) is 20.3 Å². The molecule has 0 N–H and O–H groups in total. The van der Waals surface area contributed by atoms with Crippen LogP contribution in [0.5, 0.6) is 0 Å². The van der Waals surface area contributed by atoms with Crippen molar-refractivity contribution >= 4 is 0 Å². The van der Waals surface area contributed by atoms with Crippen LogP contribution in [-0.2, 0) is 9.47 Å². The maximum absolute atomic E-state index is 5.42. The molecular weight excluding hydrogens is 216 g/mol. The highest BCUT2D eigenvalue weighted by molar-refractivity contribution is 4.68. The van der Waals surface area contributed by atoms with Crippen molar-refractivity contribution in [2.75, 3.05) is 66.7 Å². The molecule has 0 spiro atoms. The van der Waals surface area contributed by atoms with Gasteiger partial charge >= 0.3 is 0 Å². The number of likely N-dealkylation sites (N-methyl/N-ethyl adjacent to an activating group) is 1. The molecule has 1 fully saturated rings. The zero-order chi connectivity index (χ0) is 12.9. The average Bonchev–Trinajstić information content (AvgIpc) is 2.38. The molecule has 4 nitrogen and oxygen atoms in total. The fourth-order valence-corrected chi connectivity index (χ4v) is 1.71. The van der Waals surface area contributed by atoms with Crippen molar-refractivity contribution in [3.63, 3.8) is 0 Å². The van der Waals surface area contributed by atoms with Gasteiger partial charge in [-0.25, -0.2) is 0 Å². The van der Waals surface area contributed by atoms with Crippen molar-refractivity contribution in [3.8, 4) is 0 Å². The Hall–Kier alpha value is -0.160. The zero-order valence-corrected chi connectivity index (χ0v) is 12.1. The first-order chi connectivity index (χ1) is 8.33. The molecule has 1 aliphatic heterocycles. The summed E-state index contributed by atoms with van der Waals surface area (Å²) in [6, 6.07) is 0. The molecule has 0 aromatic heterocycles. The molecule has 104 valence electrons. The van der Waals surface area contributed by atoms with E-state index in [-0.39, 0.29) is 0 Å². The van der Waals surface area contributed by atoms with E-state index in [2.05, 4.69) is 16.8 Å². The van der Waals surface area contributed by atoms with E-state index in [1.54, 1.807) is 7.11 Å². The quantitative estimate of drug-likeness (QED) is 0.632. The standard InChI is InChI=1S/C11H24N2O2.C2H6/c1-12-5-7-13(8-6-12)4-3-9-15-11-10-14-2;1-2/h3-11H2,1-2H3;1-2H3. The fraction of sp³-hybridized carbons (Fsp3) is 1.00. The molecule has 0 saturated carbocycles. The molecule has 0 unspecified atom stereocenters. The van der Waals surface area contributed by atoms with Crippen LogP contribution in [0.15, 0.2) is 0 Å². The monoisotopic (exact) mass is 246 g/mol. The first-order valence-electron chi connectivity index (χ1n) is 6.80. The number of nitrogens with zero attached hydrogens (tertiary/aromatic N) is 2. The number of methoxy groups -OCH3 is 1. The lowest BCUT2D eigenvalue weighted by molar-refractivity contribution is 0.0620. The van der Waals surface area contributed by atoms with E-state index >= 15 is 0 Å².